The summed E-state index contributed by atoms with van der Waals surface area (Å²) in [6.45, 7) is 3.95. The van der Waals surface area contributed by atoms with Crippen LogP contribution >= 0.6 is 0 Å². The van der Waals surface area contributed by atoms with Gasteiger partial charge in [0, 0.05) is 32.8 Å². The number of methoxy groups -OCH3 is 1. The first kappa shape index (κ1) is 12.0. The highest BCUT2D eigenvalue weighted by Gasteiger charge is 2.23. The van der Waals surface area contributed by atoms with Gasteiger partial charge < -0.3 is 10.5 Å². The summed E-state index contributed by atoms with van der Waals surface area (Å²) in [4.78, 5) is 2.55. The second-order valence-electron chi connectivity index (χ2n) is 4.11. The second kappa shape index (κ2) is 7.21. The third-order valence-corrected chi connectivity index (χ3v) is 3.05. The van der Waals surface area contributed by atoms with Crippen LogP contribution in [0.2, 0.25) is 0 Å². The Hall–Kier alpha value is -0.120. The fourth-order valence-corrected chi connectivity index (χ4v) is 1.96. The molecule has 0 aliphatic heterocycles. The number of hydrogen-bond donors (Lipinski definition) is 1. The van der Waals surface area contributed by atoms with E-state index >= 15 is 0 Å². The lowest BCUT2D eigenvalue weighted by Crippen LogP contribution is -2.43. The molecule has 0 aromatic carbocycles. The van der Waals surface area contributed by atoms with Gasteiger partial charge in [0.2, 0.25) is 0 Å². The van der Waals surface area contributed by atoms with E-state index in [9.17, 15) is 0 Å². The molecule has 0 bridgehead atoms. The Bertz CT molecular complexity index is 137. The number of rotatable bonds is 8. The molecule has 3 nitrogen and oxygen atoms in total. The largest absolute Gasteiger partial charge is 0.385 e. The van der Waals surface area contributed by atoms with Crippen LogP contribution in [0.3, 0.4) is 0 Å². The standard InChI is InChI=1S/C11H24N2O/c1-14-10-3-2-8-13(9-7-12)11-5-4-6-11/h11H,2-10,12H2,1H3. The van der Waals surface area contributed by atoms with Crippen molar-refractivity contribution in [2.24, 2.45) is 5.73 Å². The molecule has 1 aliphatic carbocycles. The molecular formula is C11H24N2O. The van der Waals surface area contributed by atoms with Crippen molar-refractivity contribution in [1.29, 1.82) is 0 Å². The van der Waals surface area contributed by atoms with E-state index in [-0.39, 0.29) is 0 Å². The number of ether oxygens (including phenoxy) is 1. The maximum Gasteiger partial charge on any atom is 0.0462 e. The van der Waals surface area contributed by atoms with E-state index < -0.39 is 0 Å². The smallest absolute Gasteiger partial charge is 0.0462 e. The quantitative estimate of drug-likeness (QED) is 0.599. The van der Waals surface area contributed by atoms with Gasteiger partial charge in [-0.2, -0.15) is 0 Å². The topological polar surface area (TPSA) is 38.5 Å². The Balaban J connectivity index is 2.08. The molecule has 1 rings (SSSR count). The van der Waals surface area contributed by atoms with Gasteiger partial charge in [-0.15, -0.1) is 0 Å². The first-order valence-corrected chi connectivity index (χ1v) is 5.81. The summed E-state index contributed by atoms with van der Waals surface area (Å²) < 4.78 is 5.04. The van der Waals surface area contributed by atoms with Crippen molar-refractivity contribution < 1.29 is 4.74 Å². The number of nitrogens with zero attached hydrogens (tertiary/aromatic N) is 1. The first-order chi connectivity index (χ1) is 6.88. The van der Waals surface area contributed by atoms with Crippen LogP contribution in [0.15, 0.2) is 0 Å². The van der Waals surface area contributed by atoms with Gasteiger partial charge in [-0.1, -0.05) is 6.42 Å². The zero-order valence-corrected chi connectivity index (χ0v) is 9.37. The van der Waals surface area contributed by atoms with E-state index in [0.29, 0.717) is 0 Å². The highest BCUT2D eigenvalue weighted by atomic mass is 16.5. The fourth-order valence-electron chi connectivity index (χ4n) is 1.96. The summed E-state index contributed by atoms with van der Waals surface area (Å²) in [5.74, 6) is 0. The van der Waals surface area contributed by atoms with Crippen LogP contribution in [0.5, 0.6) is 0 Å². The third kappa shape index (κ3) is 3.95. The minimum atomic E-state index is 0.792. The maximum absolute atomic E-state index is 5.61. The van der Waals surface area contributed by atoms with E-state index in [4.69, 9.17) is 10.5 Å². The van der Waals surface area contributed by atoms with E-state index in [1.165, 1.54) is 38.6 Å². The normalized spacial score (nSPS) is 17.4. The minimum Gasteiger partial charge on any atom is -0.385 e. The fraction of sp³-hybridized carbons (Fsp3) is 1.00. The van der Waals surface area contributed by atoms with Crippen LogP contribution in [-0.2, 0) is 4.74 Å². The van der Waals surface area contributed by atoms with Crippen molar-refractivity contribution in [3.63, 3.8) is 0 Å². The number of hydrogen-bond acceptors (Lipinski definition) is 3. The van der Waals surface area contributed by atoms with Crippen molar-refractivity contribution in [3.8, 4) is 0 Å². The second-order valence-corrected chi connectivity index (χ2v) is 4.11. The summed E-state index contributed by atoms with van der Waals surface area (Å²) >= 11 is 0. The van der Waals surface area contributed by atoms with Crippen LogP contribution in [0.4, 0.5) is 0 Å². The molecule has 0 aromatic rings. The highest BCUT2D eigenvalue weighted by Crippen LogP contribution is 2.24. The predicted molar refractivity (Wildman–Crippen MR) is 59.4 cm³/mol. The van der Waals surface area contributed by atoms with Crippen LogP contribution in [0.25, 0.3) is 0 Å². The van der Waals surface area contributed by atoms with E-state index in [1.54, 1.807) is 7.11 Å². The summed E-state index contributed by atoms with van der Waals surface area (Å²) in [7, 11) is 1.77. The molecule has 0 heterocycles. The van der Waals surface area contributed by atoms with Gasteiger partial charge in [-0.3, -0.25) is 4.90 Å². The van der Waals surface area contributed by atoms with E-state index in [1.807, 2.05) is 0 Å². The Labute approximate surface area is 87.6 Å². The Morgan fingerprint density at radius 2 is 2.07 bits per heavy atom. The molecule has 14 heavy (non-hydrogen) atoms. The van der Waals surface area contributed by atoms with Crippen molar-refractivity contribution in [2.75, 3.05) is 33.4 Å². The molecule has 0 aromatic heterocycles. The van der Waals surface area contributed by atoms with Gasteiger partial charge in [0.15, 0.2) is 0 Å². The van der Waals surface area contributed by atoms with Crippen LogP contribution in [0, 0.1) is 0 Å². The van der Waals surface area contributed by atoms with Crippen molar-refractivity contribution in [1.82, 2.24) is 4.90 Å². The SMILES string of the molecule is COCCCCN(CCN)C1CCC1. The molecule has 0 amide bonds. The van der Waals surface area contributed by atoms with Crippen molar-refractivity contribution >= 4 is 0 Å². The Kier molecular flexibility index (Phi) is 6.15. The molecule has 0 unspecified atom stereocenters. The average Bonchev–Trinajstić information content (AvgIpc) is 2.10. The molecule has 0 atom stereocenters. The molecule has 0 radical (unpaired) electrons. The average molecular weight is 200 g/mol. The van der Waals surface area contributed by atoms with Gasteiger partial charge >= 0.3 is 0 Å². The molecule has 0 saturated heterocycles. The zero-order valence-electron chi connectivity index (χ0n) is 9.37. The Morgan fingerprint density at radius 1 is 1.29 bits per heavy atom. The van der Waals surface area contributed by atoms with Crippen LogP contribution in [0.1, 0.15) is 32.1 Å². The highest BCUT2D eigenvalue weighted by molar-refractivity contribution is 4.80. The number of unbranched alkanes of at least 4 members (excludes halogenated alkanes) is 1. The number of nitrogens with two attached hydrogens (primary N) is 1. The summed E-state index contributed by atoms with van der Waals surface area (Å²) in [6, 6.07) is 0.834. The molecule has 1 aliphatic rings. The van der Waals surface area contributed by atoms with Crippen LogP contribution in [-0.4, -0.2) is 44.3 Å². The third-order valence-electron chi connectivity index (χ3n) is 3.05. The lowest BCUT2D eigenvalue weighted by atomic mass is 9.91. The van der Waals surface area contributed by atoms with Gasteiger partial charge in [-0.05, 0) is 32.2 Å². The lowest BCUT2D eigenvalue weighted by molar-refractivity contribution is 0.122. The van der Waals surface area contributed by atoms with Crippen molar-refractivity contribution in [2.45, 2.75) is 38.1 Å². The summed E-state index contributed by atoms with van der Waals surface area (Å²) in [6.07, 6.45) is 6.58. The predicted octanol–water partition coefficient (Wildman–Crippen LogP) is 1.23. The molecule has 0 spiro atoms. The monoisotopic (exact) mass is 200 g/mol. The zero-order chi connectivity index (χ0) is 10.2. The van der Waals surface area contributed by atoms with E-state index in [2.05, 4.69) is 4.90 Å². The minimum absolute atomic E-state index is 0.792. The van der Waals surface area contributed by atoms with E-state index in [0.717, 1.165) is 25.7 Å². The first-order valence-electron chi connectivity index (χ1n) is 5.81. The summed E-state index contributed by atoms with van der Waals surface area (Å²) in [5, 5.41) is 0. The maximum atomic E-state index is 5.61. The van der Waals surface area contributed by atoms with Crippen molar-refractivity contribution in [3.05, 3.63) is 0 Å². The van der Waals surface area contributed by atoms with Gasteiger partial charge in [-0.25, -0.2) is 0 Å². The van der Waals surface area contributed by atoms with Gasteiger partial charge in [0.25, 0.3) is 0 Å². The van der Waals surface area contributed by atoms with Crippen LogP contribution < -0.4 is 5.73 Å². The molecular weight excluding hydrogens is 176 g/mol. The molecule has 84 valence electrons. The summed E-state index contributed by atoms with van der Waals surface area (Å²) in [5.41, 5.74) is 5.61. The molecule has 1 fully saturated rings. The molecule has 1 saturated carbocycles. The van der Waals surface area contributed by atoms with Gasteiger partial charge in [0.05, 0.1) is 0 Å². The molecule has 2 N–H and O–H groups in total. The molecule has 3 heteroatoms. The van der Waals surface area contributed by atoms with Gasteiger partial charge in [0.1, 0.15) is 0 Å². The lowest BCUT2D eigenvalue weighted by Gasteiger charge is -2.37. The Morgan fingerprint density at radius 3 is 2.57 bits per heavy atom.